The van der Waals surface area contributed by atoms with Gasteiger partial charge in [0.2, 0.25) is 0 Å². The first-order valence-electron chi connectivity index (χ1n) is 8.50. The summed E-state index contributed by atoms with van der Waals surface area (Å²) in [6, 6.07) is 0. The molecule has 0 radical (unpaired) electrons. The lowest BCUT2D eigenvalue weighted by molar-refractivity contribution is -0.128. The maximum absolute atomic E-state index is 12.1. The zero-order valence-corrected chi connectivity index (χ0v) is 13.3. The second kappa shape index (κ2) is 4.41. The number of ketones is 2. The van der Waals surface area contributed by atoms with Gasteiger partial charge in [-0.1, -0.05) is 26.0 Å². The Morgan fingerprint density at radius 2 is 1.95 bits per heavy atom. The lowest BCUT2D eigenvalue weighted by Crippen LogP contribution is -2.49. The summed E-state index contributed by atoms with van der Waals surface area (Å²) >= 11 is 0. The molecule has 3 heteroatoms. The van der Waals surface area contributed by atoms with Crippen LogP contribution < -0.4 is 0 Å². The topological polar surface area (TPSA) is 54.4 Å². The van der Waals surface area contributed by atoms with Crippen molar-refractivity contribution in [1.82, 2.24) is 0 Å². The zero-order valence-electron chi connectivity index (χ0n) is 13.3. The van der Waals surface area contributed by atoms with Crippen LogP contribution in [0.3, 0.4) is 0 Å². The van der Waals surface area contributed by atoms with E-state index in [1.165, 1.54) is 5.57 Å². The predicted octanol–water partition coefficient (Wildman–Crippen LogP) is 2.83. The number of allylic oxidation sites excluding steroid dienone is 4. The molecule has 0 aromatic rings. The quantitative estimate of drug-likeness (QED) is 0.748. The van der Waals surface area contributed by atoms with Gasteiger partial charge in [0.25, 0.3) is 0 Å². The fourth-order valence-corrected chi connectivity index (χ4v) is 5.77. The largest absolute Gasteiger partial charge is 0.385 e. The van der Waals surface area contributed by atoms with Gasteiger partial charge in [-0.3, -0.25) is 9.59 Å². The van der Waals surface area contributed by atoms with E-state index in [4.69, 9.17) is 0 Å². The predicted molar refractivity (Wildman–Crippen MR) is 83.0 cm³/mol. The smallest absolute Gasteiger partial charge is 0.162 e. The molecule has 0 heterocycles. The van der Waals surface area contributed by atoms with Gasteiger partial charge in [-0.25, -0.2) is 0 Å². The van der Waals surface area contributed by atoms with E-state index in [2.05, 4.69) is 26.0 Å². The first-order chi connectivity index (χ1) is 10.4. The van der Waals surface area contributed by atoms with Crippen molar-refractivity contribution >= 4 is 11.6 Å². The minimum atomic E-state index is -0.787. The molecule has 0 amide bonds. The van der Waals surface area contributed by atoms with E-state index in [1.54, 1.807) is 0 Å². The normalized spacial score (nSPS) is 50.2. The van der Waals surface area contributed by atoms with Crippen LogP contribution in [0.15, 0.2) is 23.8 Å². The maximum atomic E-state index is 12.1. The van der Waals surface area contributed by atoms with Crippen LogP contribution in [0.4, 0.5) is 0 Å². The molecule has 2 saturated carbocycles. The van der Waals surface area contributed by atoms with E-state index in [9.17, 15) is 14.7 Å². The van der Waals surface area contributed by atoms with Crippen molar-refractivity contribution in [3.8, 4) is 0 Å². The Kier molecular flexibility index (Phi) is 2.88. The van der Waals surface area contributed by atoms with Gasteiger partial charge < -0.3 is 5.11 Å². The molecule has 6 unspecified atom stereocenters. The highest BCUT2D eigenvalue weighted by Crippen LogP contribution is 2.62. The monoisotopic (exact) mass is 300 g/mol. The number of aliphatic hydroxyl groups excluding tert-OH is 1. The van der Waals surface area contributed by atoms with Crippen LogP contribution in [0.1, 0.15) is 46.0 Å². The van der Waals surface area contributed by atoms with Gasteiger partial charge in [-0.15, -0.1) is 0 Å². The Hall–Kier alpha value is -1.22. The Morgan fingerprint density at radius 3 is 2.73 bits per heavy atom. The molecule has 1 N–H and O–H groups in total. The minimum Gasteiger partial charge on any atom is -0.385 e. The van der Waals surface area contributed by atoms with Crippen LogP contribution in [0.5, 0.6) is 0 Å². The fourth-order valence-electron chi connectivity index (χ4n) is 5.77. The first-order valence-corrected chi connectivity index (χ1v) is 8.50. The first kappa shape index (κ1) is 14.4. The number of carbonyl (C=O) groups is 2. The average molecular weight is 300 g/mol. The van der Waals surface area contributed by atoms with Crippen LogP contribution in [-0.4, -0.2) is 22.8 Å². The van der Waals surface area contributed by atoms with Gasteiger partial charge >= 0.3 is 0 Å². The molecule has 4 aliphatic carbocycles. The van der Waals surface area contributed by atoms with Gasteiger partial charge in [0, 0.05) is 18.3 Å². The van der Waals surface area contributed by atoms with Crippen molar-refractivity contribution in [3.63, 3.8) is 0 Å². The van der Waals surface area contributed by atoms with Crippen molar-refractivity contribution in [2.75, 3.05) is 0 Å². The molecule has 4 aliphatic rings. The molecule has 0 aliphatic heterocycles. The molecule has 0 saturated heterocycles. The minimum absolute atomic E-state index is 0.0202. The van der Waals surface area contributed by atoms with Crippen molar-refractivity contribution in [2.24, 2.45) is 28.6 Å². The summed E-state index contributed by atoms with van der Waals surface area (Å²) in [4.78, 5) is 23.8. The highest BCUT2D eigenvalue weighted by molar-refractivity contribution is 5.92. The average Bonchev–Trinajstić information content (AvgIpc) is 2.72. The van der Waals surface area contributed by atoms with Crippen LogP contribution in [0, 0.1) is 28.6 Å². The van der Waals surface area contributed by atoms with Crippen molar-refractivity contribution in [3.05, 3.63) is 23.8 Å². The van der Waals surface area contributed by atoms with Gasteiger partial charge in [0.05, 0.1) is 0 Å². The Labute approximate surface area is 131 Å². The number of fused-ring (bicyclic) bond motifs is 5. The van der Waals surface area contributed by atoms with Crippen molar-refractivity contribution < 1.29 is 14.7 Å². The lowest BCUT2D eigenvalue weighted by atomic mass is 9.49. The summed E-state index contributed by atoms with van der Waals surface area (Å²) in [6.45, 7) is 4.39. The third kappa shape index (κ3) is 1.66. The number of rotatable bonds is 0. The molecule has 22 heavy (non-hydrogen) atoms. The van der Waals surface area contributed by atoms with Gasteiger partial charge in [0.15, 0.2) is 11.6 Å². The summed E-state index contributed by atoms with van der Waals surface area (Å²) in [5.74, 6) is 1.36. The number of aliphatic hydroxyl groups is 1. The lowest BCUT2D eigenvalue weighted by Gasteiger charge is -2.55. The van der Waals surface area contributed by atoms with Gasteiger partial charge in [0.1, 0.15) is 6.10 Å². The van der Waals surface area contributed by atoms with Crippen LogP contribution in [0.2, 0.25) is 0 Å². The molecule has 2 fully saturated rings. The molecule has 118 valence electrons. The SMILES string of the molecule is CC12CCC(=O)C=C1C=CC1C2CCC2(C)C(O)C(=O)CC12. The summed E-state index contributed by atoms with van der Waals surface area (Å²) in [5, 5.41) is 10.3. The summed E-state index contributed by atoms with van der Waals surface area (Å²) < 4.78 is 0. The molecule has 0 bridgehead atoms. The molecule has 4 rings (SSSR count). The number of hydrogen-bond acceptors (Lipinski definition) is 3. The second-order valence-electron chi connectivity index (χ2n) is 8.25. The third-order valence-corrected chi connectivity index (χ3v) is 7.30. The van der Waals surface area contributed by atoms with Crippen molar-refractivity contribution in [2.45, 2.75) is 52.1 Å². The molecule has 6 atom stereocenters. The van der Waals surface area contributed by atoms with E-state index in [0.717, 1.165) is 19.3 Å². The van der Waals surface area contributed by atoms with E-state index in [0.29, 0.717) is 24.7 Å². The zero-order chi connectivity index (χ0) is 15.7. The Balaban J connectivity index is 1.76. The molecule has 0 aromatic carbocycles. The number of hydrogen-bond donors (Lipinski definition) is 1. The second-order valence-corrected chi connectivity index (χ2v) is 8.25. The van der Waals surface area contributed by atoms with Crippen LogP contribution in [0.25, 0.3) is 0 Å². The van der Waals surface area contributed by atoms with Crippen LogP contribution in [-0.2, 0) is 9.59 Å². The standard InChI is InChI=1S/C19H24O3/c1-18-7-5-12(20)9-11(18)3-4-13-14(18)6-8-19(2)15(13)10-16(21)17(19)22/h3-4,9,13-15,17,22H,5-8,10H2,1-2H3. The van der Waals surface area contributed by atoms with E-state index in [-0.39, 0.29) is 28.3 Å². The molecular formula is C19H24O3. The van der Waals surface area contributed by atoms with E-state index in [1.807, 2.05) is 6.08 Å². The van der Waals surface area contributed by atoms with Crippen LogP contribution >= 0.6 is 0 Å². The summed E-state index contributed by atoms with van der Waals surface area (Å²) in [6.07, 6.45) is 9.41. The Morgan fingerprint density at radius 1 is 1.18 bits per heavy atom. The fraction of sp³-hybridized carbons (Fsp3) is 0.684. The Bertz CT molecular complexity index is 616. The summed E-state index contributed by atoms with van der Waals surface area (Å²) in [7, 11) is 0. The highest BCUT2D eigenvalue weighted by atomic mass is 16.3. The molecule has 0 spiro atoms. The number of Topliss-reactive ketones (excluding diaryl/α,β-unsaturated/α-hetero) is 1. The third-order valence-electron chi connectivity index (χ3n) is 7.30. The van der Waals surface area contributed by atoms with E-state index < -0.39 is 6.10 Å². The highest BCUT2D eigenvalue weighted by Gasteiger charge is 2.60. The van der Waals surface area contributed by atoms with E-state index >= 15 is 0 Å². The van der Waals surface area contributed by atoms with Crippen molar-refractivity contribution in [1.29, 1.82) is 0 Å². The maximum Gasteiger partial charge on any atom is 0.162 e. The summed E-state index contributed by atoms with van der Waals surface area (Å²) in [5.41, 5.74) is 0.981. The molecule has 3 nitrogen and oxygen atoms in total. The number of carbonyl (C=O) groups excluding carboxylic acids is 2. The molecule has 0 aromatic heterocycles. The molecular weight excluding hydrogens is 276 g/mol. The van der Waals surface area contributed by atoms with Gasteiger partial charge in [-0.2, -0.15) is 0 Å². The van der Waals surface area contributed by atoms with Gasteiger partial charge in [-0.05, 0) is 54.1 Å².